The van der Waals surface area contributed by atoms with Crippen molar-refractivity contribution in [2.75, 3.05) is 5.88 Å². The highest BCUT2D eigenvalue weighted by molar-refractivity contribution is 6.19. The maximum absolute atomic E-state index is 10.4. The molecular weight excluding hydrogens is 188 g/mol. The largest absolute Gasteiger partial charge is 0.507 e. The van der Waals surface area contributed by atoms with Gasteiger partial charge in [-0.05, 0) is 6.07 Å². The maximum Gasteiger partial charge on any atom is 0.153 e. The van der Waals surface area contributed by atoms with Gasteiger partial charge in [-0.2, -0.15) is 0 Å². The number of benzene rings is 1. The van der Waals surface area contributed by atoms with Crippen LogP contribution in [0.3, 0.4) is 0 Å². The highest BCUT2D eigenvalue weighted by atomic mass is 35.5. The molecule has 0 fully saturated rings. The number of halogens is 1. The first-order valence-electron chi connectivity index (χ1n) is 3.79. The molecule has 0 aromatic heterocycles. The Balaban J connectivity index is 3.08. The number of phenolic OH excluding ortho intramolecular Hbond substituents is 1. The molecule has 0 saturated heterocycles. The van der Waals surface area contributed by atoms with Crippen LogP contribution in [0.15, 0.2) is 24.3 Å². The van der Waals surface area contributed by atoms with Gasteiger partial charge in [-0.3, -0.25) is 4.79 Å². The summed E-state index contributed by atoms with van der Waals surface area (Å²) in [5.41, 5.74) is 0.891. The summed E-state index contributed by atoms with van der Waals surface area (Å²) in [7, 11) is 0. The van der Waals surface area contributed by atoms with Gasteiger partial charge in [-0.25, -0.2) is 0 Å². The number of para-hydroxylation sites is 1. The summed E-state index contributed by atoms with van der Waals surface area (Å²) >= 11 is 5.44. The number of aldehydes is 1. The predicted octanol–water partition coefficient (Wildman–Crippen LogP) is 2.46. The summed E-state index contributed by atoms with van der Waals surface area (Å²) in [6.07, 6.45) is 3.99. The van der Waals surface area contributed by atoms with E-state index in [-0.39, 0.29) is 11.3 Å². The van der Waals surface area contributed by atoms with Gasteiger partial charge in [0.05, 0.1) is 5.56 Å². The SMILES string of the molecule is O=Cc1cccc(C=CCCl)c1O. The summed E-state index contributed by atoms with van der Waals surface area (Å²) in [5.74, 6) is 0.379. The van der Waals surface area contributed by atoms with Crippen LogP contribution in [0.4, 0.5) is 0 Å². The van der Waals surface area contributed by atoms with Gasteiger partial charge in [0.2, 0.25) is 0 Å². The molecule has 0 radical (unpaired) electrons. The second kappa shape index (κ2) is 4.67. The van der Waals surface area contributed by atoms with Crippen LogP contribution in [0, 0.1) is 0 Å². The molecule has 13 heavy (non-hydrogen) atoms. The number of phenols is 1. The molecule has 1 N–H and O–H groups in total. The minimum absolute atomic E-state index is 0.00105. The number of rotatable bonds is 3. The summed E-state index contributed by atoms with van der Waals surface area (Å²) in [4.78, 5) is 10.4. The van der Waals surface area contributed by atoms with Crippen molar-refractivity contribution in [1.82, 2.24) is 0 Å². The van der Waals surface area contributed by atoms with Crippen molar-refractivity contribution < 1.29 is 9.90 Å². The molecule has 1 aromatic rings. The fraction of sp³-hybridized carbons (Fsp3) is 0.100. The van der Waals surface area contributed by atoms with Crippen LogP contribution in [-0.2, 0) is 0 Å². The zero-order valence-electron chi connectivity index (χ0n) is 6.90. The lowest BCUT2D eigenvalue weighted by molar-refractivity contribution is 0.112. The third-order valence-electron chi connectivity index (χ3n) is 1.61. The molecule has 0 amide bonds. The van der Waals surface area contributed by atoms with Crippen molar-refractivity contribution in [3.05, 3.63) is 35.4 Å². The van der Waals surface area contributed by atoms with Gasteiger partial charge >= 0.3 is 0 Å². The standard InChI is InChI=1S/C10H9ClO2/c11-6-2-5-8-3-1-4-9(7-12)10(8)13/h1-5,7,13H,6H2. The van der Waals surface area contributed by atoms with E-state index < -0.39 is 0 Å². The average Bonchev–Trinajstić information content (AvgIpc) is 2.16. The monoisotopic (exact) mass is 196 g/mol. The number of allylic oxidation sites excluding steroid dienone is 1. The Labute approximate surface area is 81.5 Å². The number of alkyl halides is 1. The highest BCUT2D eigenvalue weighted by Crippen LogP contribution is 2.21. The Bertz CT molecular complexity index is 332. The Morgan fingerprint density at radius 1 is 1.38 bits per heavy atom. The van der Waals surface area contributed by atoms with Crippen LogP contribution in [0.1, 0.15) is 15.9 Å². The van der Waals surface area contributed by atoms with Crippen molar-refractivity contribution in [2.45, 2.75) is 0 Å². The Morgan fingerprint density at radius 2 is 2.08 bits per heavy atom. The Morgan fingerprint density at radius 3 is 2.69 bits per heavy atom. The number of hydrogen-bond donors (Lipinski definition) is 1. The zero-order valence-corrected chi connectivity index (χ0v) is 7.66. The van der Waals surface area contributed by atoms with E-state index in [1.54, 1.807) is 30.4 Å². The van der Waals surface area contributed by atoms with Crippen molar-refractivity contribution in [1.29, 1.82) is 0 Å². The highest BCUT2D eigenvalue weighted by Gasteiger charge is 2.02. The van der Waals surface area contributed by atoms with E-state index in [1.807, 2.05) is 0 Å². The molecule has 0 aliphatic rings. The average molecular weight is 197 g/mol. The van der Waals surface area contributed by atoms with Gasteiger partial charge in [0.15, 0.2) is 6.29 Å². The molecule has 0 atom stereocenters. The van der Waals surface area contributed by atoms with Crippen LogP contribution >= 0.6 is 11.6 Å². The summed E-state index contributed by atoms with van der Waals surface area (Å²) in [6.45, 7) is 0. The van der Waals surface area contributed by atoms with E-state index in [0.717, 1.165) is 0 Å². The lowest BCUT2D eigenvalue weighted by Gasteiger charge is -2.00. The lowest BCUT2D eigenvalue weighted by atomic mass is 10.1. The smallest absolute Gasteiger partial charge is 0.153 e. The molecule has 68 valence electrons. The quantitative estimate of drug-likeness (QED) is 0.596. The minimum Gasteiger partial charge on any atom is -0.507 e. The fourth-order valence-corrected chi connectivity index (χ4v) is 1.07. The van der Waals surface area contributed by atoms with E-state index >= 15 is 0 Å². The second-order valence-electron chi connectivity index (χ2n) is 2.46. The van der Waals surface area contributed by atoms with E-state index in [1.165, 1.54) is 0 Å². The normalized spacial score (nSPS) is 10.5. The second-order valence-corrected chi connectivity index (χ2v) is 2.77. The minimum atomic E-state index is -0.00105. The van der Waals surface area contributed by atoms with Gasteiger partial charge < -0.3 is 5.11 Å². The Hall–Kier alpha value is -1.28. The zero-order chi connectivity index (χ0) is 9.68. The third kappa shape index (κ3) is 2.33. The van der Waals surface area contributed by atoms with Gasteiger partial charge in [-0.1, -0.05) is 24.3 Å². The van der Waals surface area contributed by atoms with Crippen molar-refractivity contribution in [3.63, 3.8) is 0 Å². The van der Waals surface area contributed by atoms with E-state index in [9.17, 15) is 9.90 Å². The van der Waals surface area contributed by atoms with Crippen LogP contribution in [0.25, 0.3) is 6.08 Å². The predicted molar refractivity (Wildman–Crippen MR) is 53.2 cm³/mol. The molecule has 0 heterocycles. The molecule has 0 unspecified atom stereocenters. The maximum atomic E-state index is 10.4. The molecular formula is C10H9ClO2. The van der Waals surface area contributed by atoms with Crippen molar-refractivity contribution >= 4 is 24.0 Å². The molecule has 0 spiro atoms. The molecule has 1 rings (SSSR count). The van der Waals surface area contributed by atoms with Crippen LogP contribution in [0.5, 0.6) is 5.75 Å². The first kappa shape index (κ1) is 9.81. The van der Waals surface area contributed by atoms with Crippen LogP contribution in [0.2, 0.25) is 0 Å². The summed E-state index contributed by atoms with van der Waals surface area (Å²) < 4.78 is 0. The number of aromatic hydroxyl groups is 1. The first-order valence-corrected chi connectivity index (χ1v) is 4.32. The number of hydrogen-bond acceptors (Lipinski definition) is 2. The number of carbonyl (C=O) groups excluding carboxylic acids is 1. The lowest BCUT2D eigenvalue weighted by Crippen LogP contribution is -1.83. The van der Waals surface area contributed by atoms with Gasteiger partial charge in [-0.15, -0.1) is 11.6 Å². The van der Waals surface area contributed by atoms with Crippen molar-refractivity contribution in [3.8, 4) is 5.75 Å². The Kier molecular flexibility index (Phi) is 3.53. The molecule has 1 aromatic carbocycles. The van der Waals surface area contributed by atoms with Crippen LogP contribution in [-0.4, -0.2) is 17.3 Å². The number of carbonyl (C=O) groups is 1. The molecule has 0 aliphatic heterocycles. The summed E-state index contributed by atoms with van der Waals surface area (Å²) in [6, 6.07) is 4.98. The molecule has 0 bridgehead atoms. The molecule has 2 nitrogen and oxygen atoms in total. The van der Waals surface area contributed by atoms with Crippen molar-refractivity contribution in [2.24, 2.45) is 0 Å². The van der Waals surface area contributed by atoms with Gasteiger partial charge in [0, 0.05) is 11.4 Å². The van der Waals surface area contributed by atoms with Gasteiger partial charge in [0.1, 0.15) is 5.75 Å². The molecule has 0 aliphatic carbocycles. The van der Waals surface area contributed by atoms with E-state index in [0.29, 0.717) is 17.7 Å². The topological polar surface area (TPSA) is 37.3 Å². The molecule has 0 saturated carbocycles. The summed E-state index contributed by atoms with van der Waals surface area (Å²) in [5, 5.41) is 9.49. The molecule has 3 heteroatoms. The fourth-order valence-electron chi connectivity index (χ4n) is 0.981. The van der Waals surface area contributed by atoms with Gasteiger partial charge in [0.25, 0.3) is 0 Å². The van der Waals surface area contributed by atoms with Crippen LogP contribution < -0.4 is 0 Å². The van der Waals surface area contributed by atoms with E-state index in [4.69, 9.17) is 11.6 Å². The first-order chi connectivity index (χ1) is 6.29. The van der Waals surface area contributed by atoms with E-state index in [2.05, 4.69) is 0 Å². The third-order valence-corrected chi connectivity index (χ3v) is 1.79.